The number of unbranched alkanes of at least 4 members (excludes halogenated alkanes) is 3. The molecule has 5 aromatic rings. The minimum Gasteiger partial charge on any atom is -0.458 e. The van der Waals surface area contributed by atoms with Gasteiger partial charge in [0.15, 0.2) is 5.60 Å². The van der Waals surface area contributed by atoms with E-state index in [-0.39, 0.29) is 108 Å². The van der Waals surface area contributed by atoms with Gasteiger partial charge >= 0.3 is 12.1 Å². The molecule has 0 radical (unpaired) electrons. The Hall–Kier alpha value is -13.8. The average molecular weight is 1790 g/mol. The van der Waals surface area contributed by atoms with Gasteiger partial charge in [-0.05, 0) is 100 Å². The van der Waals surface area contributed by atoms with Gasteiger partial charge in [-0.3, -0.25) is 86.4 Å². The molecule has 129 heavy (non-hydrogen) atoms. The van der Waals surface area contributed by atoms with Crippen molar-refractivity contribution in [1.29, 1.82) is 0 Å². The molecule has 0 saturated heterocycles. The third kappa shape index (κ3) is 27.8. The summed E-state index contributed by atoms with van der Waals surface area (Å²) in [6, 6.07) is 21.8. The number of hydrogen-bond acceptors (Lipinski definition) is 23. The number of ether oxygens (including phenoxy) is 2. The van der Waals surface area contributed by atoms with Crippen LogP contribution >= 0.6 is 0 Å². The van der Waals surface area contributed by atoms with Gasteiger partial charge < -0.3 is 94.3 Å². The van der Waals surface area contributed by atoms with Crippen molar-refractivity contribution < 1.29 is 101 Å². The summed E-state index contributed by atoms with van der Waals surface area (Å²) in [5.74, 6) is -10.1. The maximum Gasteiger partial charge on any atom is 0.410 e. The molecule has 5 heterocycles. The molecule has 0 bridgehead atoms. The number of amides is 17. The molecule has 40 heteroatoms. The molecule has 17 amide bonds. The maximum absolute atomic E-state index is 14.5. The zero-order valence-corrected chi connectivity index (χ0v) is 75.4. The number of cyclic esters (lactones) is 1. The van der Waals surface area contributed by atoms with Crippen molar-refractivity contribution in [3.05, 3.63) is 141 Å². The highest BCUT2D eigenvalue weighted by atomic mass is 16.6. The Morgan fingerprint density at radius 3 is 1.53 bits per heavy atom. The monoisotopic (exact) mass is 1790 g/mol. The van der Waals surface area contributed by atoms with Gasteiger partial charge in [-0.15, -0.1) is 0 Å². The number of nitrogens with zero attached hydrogens (tertiary/aromatic N) is 14. The second kappa shape index (κ2) is 46.1. The predicted molar refractivity (Wildman–Crippen MR) is 468 cm³/mol. The Morgan fingerprint density at radius 1 is 0.535 bits per heavy atom. The number of carbonyl (C=O) groups is 18. The molecule has 3 aliphatic heterocycles. The number of imide groups is 1. The van der Waals surface area contributed by atoms with Crippen LogP contribution in [0, 0.1) is 0 Å². The summed E-state index contributed by atoms with van der Waals surface area (Å²) < 4.78 is 12.6. The van der Waals surface area contributed by atoms with E-state index in [0.29, 0.717) is 59.4 Å². The number of benzene rings is 3. The molecule has 8 rings (SSSR count). The second-order valence-corrected chi connectivity index (χ2v) is 33.0. The minimum absolute atomic E-state index is 0.00506. The maximum atomic E-state index is 14.5. The molecule has 5 N–H and O–H groups in total. The van der Waals surface area contributed by atoms with E-state index in [4.69, 9.17) is 14.5 Å². The number of aliphatic hydroxyl groups is 1. The lowest BCUT2D eigenvalue weighted by molar-refractivity contribution is -0.169. The fourth-order valence-corrected chi connectivity index (χ4v) is 14.1. The van der Waals surface area contributed by atoms with Crippen LogP contribution in [0.1, 0.15) is 106 Å². The van der Waals surface area contributed by atoms with Gasteiger partial charge in [-0.25, -0.2) is 14.6 Å². The highest BCUT2D eigenvalue weighted by molar-refractivity contribution is 6.13. The van der Waals surface area contributed by atoms with Crippen LogP contribution in [0.15, 0.2) is 102 Å². The van der Waals surface area contributed by atoms with E-state index in [1.54, 1.807) is 70.1 Å². The van der Waals surface area contributed by atoms with Crippen LogP contribution in [0.5, 0.6) is 0 Å². The number of anilines is 1. The third-order valence-electron chi connectivity index (χ3n) is 22.5. The molecule has 0 spiro atoms. The Bertz CT molecular complexity index is 5150. The number of aromatic nitrogens is 2. The summed E-state index contributed by atoms with van der Waals surface area (Å²) in [4.78, 5) is 268. The lowest BCUT2D eigenvalue weighted by Gasteiger charge is -2.29. The number of hydrogen-bond donors (Lipinski definition) is 5. The number of fused-ring (bicyclic) bond motifs is 5. The molecule has 0 aliphatic carbocycles. The summed E-state index contributed by atoms with van der Waals surface area (Å²) in [6.45, 7) is 1.85. The third-order valence-corrected chi connectivity index (χ3v) is 22.5. The number of likely N-dealkylation sites (N-methyl/N-ethyl adjacent to an activating group) is 10. The highest BCUT2D eigenvalue weighted by Crippen LogP contribution is 2.40. The summed E-state index contributed by atoms with van der Waals surface area (Å²) in [6.07, 6.45) is 3.99. The van der Waals surface area contributed by atoms with E-state index < -0.39 is 176 Å². The van der Waals surface area contributed by atoms with Gasteiger partial charge in [-0.2, -0.15) is 0 Å². The number of carbonyl (C=O) groups excluding carboxylic acids is 18. The van der Waals surface area contributed by atoms with Gasteiger partial charge in [0.25, 0.3) is 17.4 Å². The summed E-state index contributed by atoms with van der Waals surface area (Å²) in [7, 11) is 13.3. The average Bonchev–Trinajstić information content (AvgIpc) is 1.60. The van der Waals surface area contributed by atoms with Crippen LogP contribution in [-0.4, -0.2) is 354 Å². The molecule has 40 nitrogen and oxygen atoms in total. The first-order valence-corrected chi connectivity index (χ1v) is 42.2. The second-order valence-electron chi connectivity index (χ2n) is 33.0. The number of rotatable bonds is 44. The molecule has 2 aromatic heterocycles. The van der Waals surface area contributed by atoms with Crippen molar-refractivity contribution in [1.82, 2.24) is 84.3 Å². The smallest absolute Gasteiger partial charge is 0.410 e. The molecule has 3 aliphatic rings. The van der Waals surface area contributed by atoms with Crippen molar-refractivity contribution in [2.24, 2.45) is 0 Å². The first-order chi connectivity index (χ1) is 60.9. The normalized spacial score (nSPS) is 13.9. The number of pyridine rings is 2. The van der Waals surface area contributed by atoms with Gasteiger partial charge in [-0.1, -0.05) is 67.1 Å². The minimum atomic E-state index is -2.06. The standard InChI is InChI=1S/C89H116N18O22/c1-56(2)105(40-37-61-62-27-20-21-28-66(62)93-83-63(61)43-107-69(83)42-65-64(86(107)124)55-128-87(125)89(65,4)127)88(126)129-54-59-31-33-60(34-32-59)91-84(122)67(94-85(123)68(41-58-25-17-15-18-26-58)92-70(109)30-19-16-24-39-106-72(111)35-36-73(106)112)29-22-23-38-90-71(110)44-96(6)75(114)46-98(8)77(116)48-100(10)79(118)50-102(12)81(120)52-104(14)82(121)53-103(13)80(119)51-101(11)78(117)49-99(9)76(115)47-97(7)74(113)45-95(5)57(3)108/h15,17-18,20-21,25-28,31-36,42,56,67-68,127H,16,19,22-24,29-30,37-41,43-55H2,1-14H3,(H,90,110)(H,91,122)(H,92,109)(H,94,123)/t67-,68-,89-/m0/s1. The molecule has 3 aromatic carbocycles. The van der Waals surface area contributed by atoms with Gasteiger partial charge in [0.1, 0.15) is 25.3 Å². The van der Waals surface area contributed by atoms with Crippen molar-refractivity contribution >= 4 is 123 Å². The topological polar surface area (TPSA) is 468 Å². The quantitative estimate of drug-likeness (QED) is 0.0188. The van der Waals surface area contributed by atoms with Crippen molar-refractivity contribution in [3.8, 4) is 11.4 Å². The molecule has 0 fully saturated rings. The largest absolute Gasteiger partial charge is 0.458 e. The van der Waals surface area contributed by atoms with Gasteiger partial charge in [0.05, 0.1) is 94.5 Å². The fourth-order valence-electron chi connectivity index (χ4n) is 14.1. The van der Waals surface area contributed by atoms with Crippen LogP contribution in [0.25, 0.3) is 22.3 Å². The fraction of sp³-hybridized carbons (Fsp3) is 0.483. The first-order valence-electron chi connectivity index (χ1n) is 42.2. The van der Waals surface area contributed by atoms with E-state index in [9.17, 15) is 96.2 Å². The summed E-state index contributed by atoms with van der Waals surface area (Å²) in [5, 5.41) is 23.3. The number of esters is 1. The van der Waals surface area contributed by atoms with Crippen molar-refractivity contribution in [2.75, 3.05) is 161 Å². The SMILES string of the molecule is CC(=O)N(C)CC(=O)N(C)CC(=O)N(C)CC(=O)N(C)CC(=O)N(C)CC(=O)N(C)CC(=O)N(C)CC(=O)N(C)CC(=O)N(C)CC(=O)N(C)CC(=O)NCCCC[C@H](NC(=O)[C@H](Cc1ccccc1)NC(=O)CCCCCN1C(=O)C=CC1=O)C(=O)Nc1ccc(COC(=O)N(CCc2c3c(nc4ccccc24)-c2cc4c(c(=O)n2C3)COC(=O)[C@@]4(C)O)C(C)C)cc1. The van der Waals surface area contributed by atoms with Crippen LogP contribution in [0.4, 0.5) is 10.5 Å². The first kappa shape index (κ1) is 101. The summed E-state index contributed by atoms with van der Waals surface area (Å²) in [5.41, 5.74) is 2.62. The Balaban J connectivity index is 0.806. The molecular formula is C89H116N18O22. The Kier molecular flexibility index (Phi) is 35.9. The van der Waals surface area contributed by atoms with E-state index >= 15 is 0 Å². The number of nitrogens with one attached hydrogen (secondary N) is 4. The lowest BCUT2D eigenvalue weighted by atomic mass is 9.89. The van der Waals surface area contributed by atoms with E-state index in [0.717, 1.165) is 65.5 Å². The molecule has 0 saturated carbocycles. The predicted octanol–water partition coefficient (Wildman–Crippen LogP) is -0.194. The van der Waals surface area contributed by atoms with Crippen LogP contribution in [0.3, 0.4) is 0 Å². The van der Waals surface area contributed by atoms with Crippen LogP contribution < -0.4 is 26.8 Å². The molecule has 694 valence electrons. The van der Waals surface area contributed by atoms with E-state index in [2.05, 4.69) is 21.3 Å². The summed E-state index contributed by atoms with van der Waals surface area (Å²) >= 11 is 0. The molecular weight excluding hydrogens is 1670 g/mol. The Labute approximate surface area is 747 Å². The zero-order chi connectivity index (χ0) is 95.0. The van der Waals surface area contributed by atoms with E-state index in [1.807, 2.05) is 38.1 Å². The van der Waals surface area contributed by atoms with Crippen LogP contribution in [0.2, 0.25) is 0 Å². The zero-order valence-electron chi connectivity index (χ0n) is 75.4. The number of para-hydroxylation sites is 1. The molecule has 0 unspecified atom stereocenters. The van der Waals surface area contributed by atoms with Gasteiger partial charge in [0, 0.05) is 150 Å². The Morgan fingerprint density at radius 2 is 1.02 bits per heavy atom. The van der Waals surface area contributed by atoms with E-state index in [1.165, 1.54) is 101 Å². The lowest BCUT2D eigenvalue weighted by Crippen LogP contribution is -2.53. The van der Waals surface area contributed by atoms with Crippen molar-refractivity contribution in [3.63, 3.8) is 0 Å². The van der Waals surface area contributed by atoms with Crippen molar-refractivity contribution in [2.45, 2.75) is 129 Å². The van der Waals surface area contributed by atoms with Crippen LogP contribution in [-0.2, 0) is 129 Å². The molecule has 3 atom stereocenters. The highest BCUT2D eigenvalue weighted by Gasteiger charge is 2.44. The van der Waals surface area contributed by atoms with Gasteiger partial charge in [0.2, 0.25) is 82.7 Å².